The summed E-state index contributed by atoms with van der Waals surface area (Å²) in [5.74, 6) is 0. The Bertz CT molecular complexity index is 325. The highest BCUT2D eigenvalue weighted by Gasteiger charge is 2.31. The molecule has 1 aliphatic rings. The number of sulfone groups is 1. The molecule has 1 heterocycles. The molecule has 1 rings (SSSR count). The van der Waals surface area contributed by atoms with Gasteiger partial charge in [-0.25, -0.2) is 8.42 Å². The van der Waals surface area contributed by atoms with Crippen molar-refractivity contribution in [3.8, 4) is 0 Å². The lowest BCUT2D eigenvalue weighted by Gasteiger charge is -2.33. The maximum atomic E-state index is 11.5. The van der Waals surface area contributed by atoms with Crippen LogP contribution in [0.3, 0.4) is 0 Å². The minimum absolute atomic E-state index is 0.430. The minimum Gasteiger partial charge on any atom is -0.311 e. The second-order valence-electron chi connectivity index (χ2n) is 5.51. The van der Waals surface area contributed by atoms with Crippen molar-refractivity contribution in [3.63, 3.8) is 0 Å². The zero-order valence-corrected chi connectivity index (χ0v) is 11.6. The molecule has 1 aliphatic heterocycles. The quantitative estimate of drug-likeness (QED) is 0.787. The Morgan fingerprint density at radius 3 is 2.56 bits per heavy atom. The fourth-order valence-electron chi connectivity index (χ4n) is 1.85. The topological polar surface area (TPSA) is 49.4 Å². The van der Waals surface area contributed by atoms with E-state index in [1.165, 1.54) is 12.7 Å². The maximum absolute atomic E-state index is 11.5. The lowest BCUT2D eigenvalue weighted by atomic mass is 10.1. The van der Waals surface area contributed by atoms with E-state index >= 15 is 0 Å². The summed E-state index contributed by atoms with van der Waals surface area (Å²) in [4.78, 5) is 2.29. The summed E-state index contributed by atoms with van der Waals surface area (Å²) < 4.78 is 22.4. The van der Waals surface area contributed by atoms with Gasteiger partial charge in [-0.3, -0.25) is 0 Å². The van der Waals surface area contributed by atoms with E-state index in [0.717, 1.165) is 19.5 Å². The molecule has 0 saturated carbocycles. The summed E-state index contributed by atoms with van der Waals surface area (Å²) in [5, 5.41) is 3.38. The van der Waals surface area contributed by atoms with Crippen molar-refractivity contribution in [2.45, 2.75) is 37.5 Å². The second-order valence-corrected chi connectivity index (χ2v) is 8.16. The van der Waals surface area contributed by atoms with Gasteiger partial charge in [0.1, 0.15) is 0 Å². The van der Waals surface area contributed by atoms with Gasteiger partial charge in [0.25, 0.3) is 0 Å². The van der Waals surface area contributed by atoms with Crippen LogP contribution in [0.15, 0.2) is 0 Å². The lowest BCUT2D eigenvalue weighted by Crippen LogP contribution is -2.50. The van der Waals surface area contributed by atoms with E-state index in [-0.39, 0.29) is 0 Å². The monoisotopic (exact) mass is 248 g/mol. The van der Waals surface area contributed by atoms with E-state index in [9.17, 15) is 8.42 Å². The third kappa shape index (κ3) is 3.71. The zero-order valence-electron chi connectivity index (χ0n) is 10.8. The maximum Gasteiger partial charge on any atom is 0.153 e. The highest BCUT2D eigenvalue weighted by molar-refractivity contribution is 7.92. The smallest absolute Gasteiger partial charge is 0.153 e. The van der Waals surface area contributed by atoms with E-state index in [1.54, 1.807) is 13.8 Å². The summed E-state index contributed by atoms with van der Waals surface area (Å²) in [7, 11) is -0.886. The van der Waals surface area contributed by atoms with E-state index in [2.05, 4.69) is 17.3 Å². The van der Waals surface area contributed by atoms with Crippen molar-refractivity contribution in [3.05, 3.63) is 0 Å². The molecule has 1 N–H and O–H groups in total. The van der Waals surface area contributed by atoms with Crippen LogP contribution in [0.1, 0.15) is 26.7 Å². The molecule has 0 aliphatic carbocycles. The number of hydrogen-bond donors (Lipinski definition) is 1. The Morgan fingerprint density at radius 2 is 2.06 bits per heavy atom. The number of hydrogen-bond acceptors (Lipinski definition) is 4. The molecule has 0 radical (unpaired) electrons. The van der Waals surface area contributed by atoms with Gasteiger partial charge in [-0.2, -0.15) is 0 Å². The Labute approximate surface area is 99.3 Å². The first-order valence-corrected chi connectivity index (χ1v) is 7.73. The number of likely N-dealkylation sites (tertiary alicyclic amines) is 1. The van der Waals surface area contributed by atoms with Gasteiger partial charge >= 0.3 is 0 Å². The first-order chi connectivity index (χ1) is 7.22. The molecule has 0 bridgehead atoms. The van der Waals surface area contributed by atoms with Crippen LogP contribution in [0.5, 0.6) is 0 Å². The molecule has 0 amide bonds. The number of nitrogens with one attached hydrogen (secondary N) is 1. The highest BCUT2D eigenvalue weighted by Crippen LogP contribution is 2.15. The normalized spacial score (nSPS) is 24.6. The van der Waals surface area contributed by atoms with E-state index in [1.807, 2.05) is 0 Å². The van der Waals surface area contributed by atoms with Gasteiger partial charge in [0, 0.05) is 25.4 Å². The van der Waals surface area contributed by atoms with Crippen molar-refractivity contribution in [1.29, 1.82) is 0 Å². The van der Waals surface area contributed by atoms with Crippen LogP contribution in [0, 0.1) is 0 Å². The molecule has 1 unspecified atom stereocenters. The summed E-state index contributed by atoms with van der Waals surface area (Å²) in [6.07, 6.45) is 3.64. The van der Waals surface area contributed by atoms with Gasteiger partial charge in [0.15, 0.2) is 9.84 Å². The molecular formula is C11H24N2O2S. The molecule has 1 saturated heterocycles. The minimum atomic E-state index is -2.99. The van der Waals surface area contributed by atoms with Crippen molar-refractivity contribution in [2.75, 3.05) is 32.9 Å². The predicted molar refractivity (Wildman–Crippen MR) is 67.4 cm³/mol. The molecular weight excluding hydrogens is 224 g/mol. The van der Waals surface area contributed by atoms with Crippen LogP contribution in [0.4, 0.5) is 0 Å². The number of likely N-dealkylation sites (N-methyl/N-ethyl adjacent to an activating group) is 1. The molecule has 0 aromatic rings. The van der Waals surface area contributed by atoms with Crippen molar-refractivity contribution < 1.29 is 8.42 Å². The SMILES string of the molecule is CN1CCCC(NCC(C)(C)S(C)(=O)=O)C1. The zero-order chi connectivity index (χ0) is 12.4. The summed E-state index contributed by atoms with van der Waals surface area (Å²) in [6, 6.07) is 0.430. The largest absolute Gasteiger partial charge is 0.311 e. The van der Waals surface area contributed by atoms with Gasteiger partial charge < -0.3 is 10.2 Å². The predicted octanol–water partition coefficient (Wildman–Crippen LogP) is 0.493. The van der Waals surface area contributed by atoms with Crippen LogP contribution in [0.2, 0.25) is 0 Å². The fraction of sp³-hybridized carbons (Fsp3) is 1.00. The van der Waals surface area contributed by atoms with Crippen molar-refractivity contribution in [1.82, 2.24) is 10.2 Å². The van der Waals surface area contributed by atoms with E-state index in [0.29, 0.717) is 12.6 Å². The van der Waals surface area contributed by atoms with Gasteiger partial charge in [0.05, 0.1) is 4.75 Å². The number of piperidine rings is 1. The third-order valence-electron chi connectivity index (χ3n) is 3.44. The number of nitrogens with zero attached hydrogens (tertiary/aromatic N) is 1. The Hall–Kier alpha value is -0.130. The van der Waals surface area contributed by atoms with Gasteiger partial charge in [-0.15, -0.1) is 0 Å². The van der Waals surface area contributed by atoms with E-state index < -0.39 is 14.6 Å². The molecule has 1 fully saturated rings. The molecule has 5 heteroatoms. The Kier molecular flexibility index (Phi) is 4.37. The lowest BCUT2D eigenvalue weighted by molar-refractivity contribution is 0.225. The average molecular weight is 248 g/mol. The molecule has 1 atom stereocenters. The van der Waals surface area contributed by atoms with Crippen LogP contribution in [0.25, 0.3) is 0 Å². The highest BCUT2D eigenvalue weighted by atomic mass is 32.2. The molecule has 16 heavy (non-hydrogen) atoms. The van der Waals surface area contributed by atoms with Crippen molar-refractivity contribution in [2.24, 2.45) is 0 Å². The molecule has 0 spiro atoms. The fourth-order valence-corrected chi connectivity index (χ4v) is 2.20. The Balaban J connectivity index is 2.45. The van der Waals surface area contributed by atoms with Crippen LogP contribution in [-0.4, -0.2) is 57.0 Å². The summed E-state index contributed by atoms with van der Waals surface area (Å²) in [5.41, 5.74) is 0. The van der Waals surface area contributed by atoms with Gasteiger partial charge in [-0.1, -0.05) is 0 Å². The molecule has 96 valence electrons. The first kappa shape index (κ1) is 13.9. The molecule has 4 nitrogen and oxygen atoms in total. The molecule has 0 aromatic carbocycles. The van der Waals surface area contributed by atoms with Crippen molar-refractivity contribution >= 4 is 9.84 Å². The first-order valence-electron chi connectivity index (χ1n) is 5.84. The van der Waals surface area contributed by atoms with Crippen LogP contribution < -0.4 is 5.32 Å². The summed E-state index contributed by atoms with van der Waals surface area (Å²) in [6.45, 7) is 6.25. The molecule has 0 aromatic heterocycles. The van der Waals surface area contributed by atoms with Gasteiger partial charge in [0.2, 0.25) is 0 Å². The van der Waals surface area contributed by atoms with E-state index in [4.69, 9.17) is 0 Å². The summed E-state index contributed by atoms with van der Waals surface area (Å²) >= 11 is 0. The van der Waals surface area contributed by atoms with Crippen LogP contribution >= 0.6 is 0 Å². The van der Waals surface area contributed by atoms with Gasteiger partial charge in [-0.05, 0) is 40.3 Å². The third-order valence-corrected chi connectivity index (χ3v) is 5.60. The number of rotatable bonds is 4. The van der Waals surface area contributed by atoms with Crippen LogP contribution in [-0.2, 0) is 9.84 Å². The Morgan fingerprint density at radius 1 is 1.44 bits per heavy atom. The average Bonchev–Trinajstić information content (AvgIpc) is 2.13. The second kappa shape index (κ2) is 5.02. The standard InChI is InChI=1S/C11H24N2O2S/c1-11(2,16(4,14)15)9-12-10-6-5-7-13(3)8-10/h10,12H,5-9H2,1-4H3.